The van der Waals surface area contributed by atoms with E-state index in [0.29, 0.717) is 37.5 Å². The fourth-order valence-corrected chi connectivity index (χ4v) is 4.23. The Bertz CT molecular complexity index is 1260. The lowest BCUT2D eigenvalue weighted by Crippen LogP contribution is -2.54. The zero-order chi connectivity index (χ0) is 23.5. The summed E-state index contributed by atoms with van der Waals surface area (Å²) in [5.41, 5.74) is 3.72. The van der Waals surface area contributed by atoms with Gasteiger partial charge in [-0.3, -0.25) is 24.7 Å². The number of nitrogens with one attached hydrogen (secondary N) is 1. The van der Waals surface area contributed by atoms with Crippen molar-refractivity contribution in [1.82, 2.24) is 30.0 Å². The second-order valence-electron chi connectivity index (χ2n) is 8.48. The molecule has 4 heterocycles. The lowest BCUT2D eigenvalue weighted by atomic mass is 10.1. The molecular formula is C25H26N6O3. The van der Waals surface area contributed by atoms with Crippen molar-refractivity contribution in [2.45, 2.75) is 25.7 Å². The number of hydrogen-bond acceptors (Lipinski definition) is 8. The predicted molar refractivity (Wildman–Crippen MR) is 127 cm³/mol. The molecule has 174 valence electrons. The molecule has 3 aromatic heterocycles. The first-order chi connectivity index (χ1) is 16.6. The largest absolute Gasteiger partial charge is 0.439 e. The Morgan fingerprint density at radius 1 is 1.21 bits per heavy atom. The van der Waals surface area contributed by atoms with Gasteiger partial charge in [0.2, 0.25) is 5.88 Å². The molecule has 1 aliphatic rings. The Morgan fingerprint density at radius 2 is 2.12 bits per heavy atom. The first-order valence-corrected chi connectivity index (χ1v) is 11.2. The zero-order valence-corrected chi connectivity index (χ0v) is 18.8. The molecule has 0 saturated carbocycles. The number of nitrogens with zero attached hydrogens (tertiary/aromatic N) is 5. The van der Waals surface area contributed by atoms with Crippen molar-refractivity contribution in [2.75, 3.05) is 19.6 Å². The maximum Gasteiger partial charge on any atom is 0.219 e. The van der Waals surface area contributed by atoms with Crippen molar-refractivity contribution in [1.29, 1.82) is 0 Å². The van der Waals surface area contributed by atoms with Crippen molar-refractivity contribution in [3.8, 4) is 22.9 Å². The normalized spacial score (nSPS) is 18.1. The number of piperazine rings is 1. The van der Waals surface area contributed by atoms with Crippen LogP contribution in [0.5, 0.6) is 11.6 Å². The van der Waals surface area contributed by atoms with Gasteiger partial charge < -0.3 is 9.84 Å². The maximum atomic E-state index is 10.9. The van der Waals surface area contributed by atoms with Gasteiger partial charge in [0.15, 0.2) is 12.5 Å². The first-order valence-electron chi connectivity index (χ1n) is 11.2. The summed E-state index contributed by atoms with van der Waals surface area (Å²) in [4.78, 5) is 24.2. The number of pyridine rings is 2. The highest BCUT2D eigenvalue weighted by molar-refractivity contribution is 5.80. The van der Waals surface area contributed by atoms with Gasteiger partial charge in [-0.05, 0) is 43.3 Å². The van der Waals surface area contributed by atoms with E-state index in [1.165, 1.54) is 0 Å². The number of ether oxygens (including phenoxy) is 1. The van der Waals surface area contributed by atoms with Crippen molar-refractivity contribution in [2.24, 2.45) is 0 Å². The topological polar surface area (TPSA) is 107 Å². The van der Waals surface area contributed by atoms with Crippen molar-refractivity contribution in [3.63, 3.8) is 0 Å². The molecule has 34 heavy (non-hydrogen) atoms. The van der Waals surface area contributed by atoms with Crippen LogP contribution in [-0.4, -0.2) is 73.3 Å². The van der Waals surface area contributed by atoms with Gasteiger partial charge in [-0.2, -0.15) is 5.10 Å². The number of aliphatic hydroxyl groups excluding tert-OH is 1. The number of aldehydes is 1. The summed E-state index contributed by atoms with van der Waals surface area (Å²) < 4.78 is 5.94. The summed E-state index contributed by atoms with van der Waals surface area (Å²) in [6, 6.07) is 15.8. The highest BCUT2D eigenvalue weighted by Crippen LogP contribution is 2.26. The van der Waals surface area contributed by atoms with E-state index in [2.05, 4.69) is 33.1 Å². The quantitative estimate of drug-likeness (QED) is 0.407. The fourth-order valence-electron chi connectivity index (χ4n) is 4.23. The number of aromatic amines is 1. The molecule has 1 fully saturated rings. The van der Waals surface area contributed by atoms with Gasteiger partial charge >= 0.3 is 0 Å². The second-order valence-corrected chi connectivity index (χ2v) is 8.48. The minimum atomic E-state index is -1.02. The third kappa shape index (κ3) is 4.81. The first kappa shape index (κ1) is 22.1. The molecule has 9 nitrogen and oxygen atoms in total. The van der Waals surface area contributed by atoms with Gasteiger partial charge in [-0.15, -0.1) is 0 Å². The molecule has 5 rings (SSSR count). The van der Waals surface area contributed by atoms with E-state index in [-0.39, 0.29) is 6.04 Å². The number of aromatic nitrogens is 4. The van der Waals surface area contributed by atoms with E-state index in [4.69, 9.17) is 9.72 Å². The van der Waals surface area contributed by atoms with Gasteiger partial charge in [-0.1, -0.05) is 6.07 Å². The average molecular weight is 459 g/mol. The molecule has 0 amide bonds. The molecule has 9 heteroatoms. The van der Waals surface area contributed by atoms with Crippen LogP contribution in [-0.2, 0) is 11.3 Å². The summed E-state index contributed by atoms with van der Waals surface area (Å²) in [5, 5.41) is 17.6. The Balaban J connectivity index is 1.24. The number of H-pyrrole nitrogens is 1. The minimum Gasteiger partial charge on any atom is -0.439 e. The van der Waals surface area contributed by atoms with Crippen LogP contribution in [0.3, 0.4) is 0 Å². The van der Waals surface area contributed by atoms with E-state index < -0.39 is 6.23 Å². The molecule has 2 atom stereocenters. The smallest absolute Gasteiger partial charge is 0.219 e. The Labute approximate surface area is 197 Å². The number of benzene rings is 1. The molecule has 1 aliphatic heterocycles. The Hall–Kier alpha value is -3.66. The van der Waals surface area contributed by atoms with Crippen LogP contribution in [0.1, 0.15) is 12.6 Å². The summed E-state index contributed by atoms with van der Waals surface area (Å²) >= 11 is 0. The molecule has 4 aromatic rings. The molecule has 1 unspecified atom stereocenters. The van der Waals surface area contributed by atoms with Gasteiger partial charge in [-0.25, -0.2) is 4.98 Å². The molecule has 1 aromatic carbocycles. The zero-order valence-electron chi connectivity index (χ0n) is 18.8. The van der Waals surface area contributed by atoms with Crippen LogP contribution in [0.4, 0.5) is 0 Å². The van der Waals surface area contributed by atoms with Gasteiger partial charge in [0.1, 0.15) is 5.75 Å². The number of carbonyl (C=O) groups is 1. The van der Waals surface area contributed by atoms with Crippen molar-refractivity contribution >= 4 is 17.2 Å². The van der Waals surface area contributed by atoms with E-state index in [1.807, 2.05) is 42.5 Å². The van der Waals surface area contributed by atoms with Crippen LogP contribution in [0.15, 0.2) is 60.9 Å². The molecule has 2 N–H and O–H groups in total. The van der Waals surface area contributed by atoms with Crippen LogP contribution in [0.25, 0.3) is 22.2 Å². The van der Waals surface area contributed by atoms with Gasteiger partial charge in [0.25, 0.3) is 0 Å². The number of rotatable bonds is 7. The SMILES string of the molecule is C[C@@H]1CN(C(O)C=O)CCN1Cc1ccc2cc(Oc3ccc(-c4ccn[nH]4)cn3)ccc2n1. The van der Waals surface area contributed by atoms with Gasteiger partial charge in [0.05, 0.1) is 16.9 Å². The molecule has 0 radical (unpaired) electrons. The average Bonchev–Trinajstić information content (AvgIpc) is 3.40. The minimum absolute atomic E-state index is 0.212. The molecule has 1 saturated heterocycles. The Kier molecular flexibility index (Phi) is 6.31. The third-order valence-electron chi connectivity index (χ3n) is 6.15. The van der Waals surface area contributed by atoms with Crippen LogP contribution < -0.4 is 4.74 Å². The third-order valence-corrected chi connectivity index (χ3v) is 6.15. The summed E-state index contributed by atoms with van der Waals surface area (Å²) in [5.74, 6) is 1.21. The van der Waals surface area contributed by atoms with Crippen LogP contribution >= 0.6 is 0 Å². The lowest BCUT2D eigenvalue weighted by molar-refractivity contribution is -0.127. The second kappa shape index (κ2) is 9.68. The van der Waals surface area contributed by atoms with E-state index >= 15 is 0 Å². The number of carbonyl (C=O) groups excluding carboxylic acids is 1. The molecule has 0 aliphatic carbocycles. The predicted octanol–water partition coefficient (Wildman–Crippen LogP) is 2.84. The Morgan fingerprint density at radius 3 is 2.85 bits per heavy atom. The number of fused-ring (bicyclic) bond motifs is 1. The summed E-state index contributed by atoms with van der Waals surface area (Å²) in [6.07, 6.45) is 3.01. The lowest BCUT2D eigenvalue weighted by Gasteiger charge is -2.40. The number of aliphatic hydroxyl groups is 1. The van der Waals surface area contributed by atoms with E-state index in [0.717, 1.165) is 34.4 Å². The van der Waals surface area contributed by atoms with Crippen molar-refractivity contribution in [3.05, 3.63) is 66.6 Å². The highest BCUT2D eigenvalue weighted by atomic mass is 16.5. The molecule has 0 spiro atoms. The number of hydrogen-bond donors (Lipinski definition) is 2. The summed E-state index contributed by atoms with van der Waals surface area (Å²) in [6.45, 7) is 4.88. The maximum absolute atomic E-state index is 10.9. The standard InChI is InChI=1S/C25H26N6O3/c1-17-14-31(25(33)16-32)11-10-30(17)15-20-4-2-18-12-21(5-6-22(18)28-20)34-24-7-3-19(13-26-24)23-8-9-27-29-23/h2-9,12-13,16-17,25,33H,10-11,14-15H2,1H3,(H,27,29)/t17-,25?/m1/s1. The van der Waals surface area contributed by atoms with Gasteiger partial charge in [0, 0.05) is 61.6 Å². The van der Waals surface area contributed by atoms with E-state index in [9.17, 15) is 9.90 Å². The fraction of sp³-hybridized carbons (Fsp3) is 0.280. The van der Waals surface area contributed by atoms with Crippen LogP contribution in [0.2, 0.25) is 0 Å². The monoisotopic (exact) mass is 458 g/mol. The summed E-state index contributed by atoms with van der Waals surface area (Å²) in [7, 11) is 0. The van der Waals surface area contributed by atoms with Crippen molar-refractivity contribution < 1.29 is 14.6 Å². The highest BCUT2D eigenvalue weighted by Gasteiger charge is 2.27. The van der Waals surface area contributed by atoms with E-state index in [1.54, 1.807) is 17.3 Å². The molecule has 0 bridgehead atoms. The molecular weight excluding hydrogens is 432 g/mol. The van der Waals surface area contributed by atoms with Crippen LogP contribution in [0, 0.1) is 0 Å².